The fourth-order valence-corrected chi connectivity index (χ4v) is 0.888. The Bertz CT molecular complexity index is 180. The highest BCUT2D eigenvalue weighted by Crippen LogP contribution is 2.35. The average molecular weight is 162 g/mol. The molecular formula is C6H10O5. The van der Waals surface area contributed by atoms with E-state index >= 15 is 0 Å². The highest BCUT2D eigenvalue weighted by Gasteiger charge is 2.59. The molecule has 3 atom stereocenters. The summed E-state index contributed by atoms with van der Waals surface area (Å²) in [5, 5.41) is 35.3. The Balaban J connectivity index is 2.55. The van der Waals surface area contributed by atoms with Crippen LogP contribution in [0, 0.1) is 0 Å². The van der Waals surface area contributed by atoms with Gasteiger partial charge >= 0.3 is 0 Å². The van der Waals surface area contributed by atoms with Crippen LogP contribution in [0.25, 0.3) is 0 Å². The van der Waals surface area contributed by atoms with Crippen molar-refractivity contribution in [3.63, 3.8) is 0 Å². The van der Waals surface area contributed by atoms with Gasteiger partial charge in [-0.2, -0.15) is 0 Å². The molecule has 0 unspecified atom stereocenters. The standard InChI is InChI=1S/C6H10O5/c7-2-3(8)5(10)6(11)1-4(6)9/h3,5,7-8,10-11H,1-2H2/t3-,5+,6+/m0/s1. The van der Waals surface area contributed by atoms with Crippen LogP contribution in [-0.4, -0.2) is 50.6 Å². The van der Waals surface area contributed by atoms with E-state index in [-0.39, 0.29) is 6.42 Å². The Kier molecular flexibility index (Phi) is 1.98. The van der Waals surface area contributed by atoms with E-state index in [0.717, 1.165) is 0 Å². The zero-order valence-corrected chi connectivity index (χ0v) is 5.77. The maximum atomic E-state index is 10.5. The summed E-state index contributed by atoms with van der Waals surface area (Å²) in [6, 6.07) is 0. The van der Waals surface area contributed by atoms with E-state index in [0.29, 0.717) is 0 Å². The first kappa shape index (κ1) is 8.61. The lowest BCUT2D eigenvalue weighted by Gasteiger charge is -2.18. The summed E-state index contributed by atoms with van der Waals surface area (Å²) in [4.78, 5) is 10.5. The van der Waals surface area contributed by atoms with E-state index in [1.807, 2.05) is 0 Å². The molecule has 0 saturated heterocycles. The summed E-state index contributed by atoms with van der Waals surface area (Å²) in [7, 11) is 0. The van der Waals surface area contributed by atoms with Crippen molar-refractivity contribution in [3.05, 3.63) is 0 Å². The van der Waals surface area contributed by atoms with Gasteiger partial charge in [-0.3, -0.25) is 4.79 Å². The van der Waals surface area contributed by atoms with Gasteiger partial charge in [0.25, 0.3) is 0 Å². The molecule has 1 saturated carbocycles. The Morgan fingerprint density at radius 2 is 2.00 bits per heavy atom. The van der Waals surface area contributed by atoms with Gasteiger partial charge < -0.3 is 20.4 Å². The molecule has 1 rings (SSSR count). The van der Waals surface area contributed by atoms with Gasteiger partial charge in [-0.1, -0.05) is 0 Å². The quantitative estimate of drug-likeness (QED) is 0.365. The van der Waals surface area contributed by atoms with Crippen LogP contribution in [0.3, 0.4) is 0 Å². The normalized spacial score (nSPS) is 35.1. The Morgan fingerprint density at radius 1 is 1.55 bits per heavy atom. The first-order valence-corrected chi connectivity index (χ1v) is 3.25. The second kappa shape index (κ2) is 2.53. The predicted octanol–water partition coefficient (Wildman–Crippen LogP) is -2.60. The third kappa shape index (κ3) is 1.28. The van der Waals surface area contributed by atoms with Crippen molar-refractivity contribution >= 4 is 5.78 Å². The number of rotatable bonds is 3. The molecule has 1 aliphatic rings. The van der Waals surface area contributed by atoms with Gasteiger partial charge in [0.2, 0.25) is 0 Å². The minimum atomic E-state index is -1.80. The molecule has 0 aromatic heterocycles. The lowest BCUT2D eigenvalue weighted by atomic mass is 10.1. The van der Waals surface area contributed by atoms with E-state index in [9.17, 15) is 4.79 Å². The highest BCUT2D eigenvalue weighted by molar-refractivity contribution is 6.04. The molecule has 0 amide bonds. The number of carbonyl (C=O) groups is 1. The van der Waals surface area contributed by atoms with Gasteiger partial charge in [0.1, 0.15) is 12.2 Å². The van der Waals surface area contributed by atoms with Crippen LogP contribution in [-0.2, 0) is 4.79 Å². The molecule has 1 aliphatic carbocycles. The summed E-state index contributed by atoms with van der Waals surface area (Å²) < 4.78 is 0. The van der Waals surface area contributed by atoms with Crippen molar-refractivity contribution in [2.24, 2.45) is 0 Å². The molecule has 0 spiro atoms. The summed E-state index contributed by atoms with van der Waals surface area (Å²) >= 11 is 0. The van der Waals surface area contributed by atoms with E-state index in [1.165, 1.54) is 0 Å². The van der Waals surface area contributed by atoms with Crippen molar-refractivity contribution < 1.29 is 25.2 Å². The molecule has 0 aliphatic heterocycles. The van der Waals surface area contributed by atoms with Crippen molar-refractivity contribution in [1.29, 1.82) is 0 Å². The van der Waals surface area contributed by atoms with E-state index < -0.39 is 30.2 Å². The molecule has 11 heavy (non-hydrogen) atoms. The van der Waals surface area contributed by atoms with Crippen LogP contribution < -0.4 is 0 Å². The van der Waals surface area contributed by atoms with Gasteiger partial charge in [0, 0.05) is 6.42 Å². The van der Waals surface area contributed by atoms with Crippen LogP contribution in [0.15, 0.2) is 0 Å². The van der Waals surface area contributed by atoms with Crippen molar-refractivity contribution in [2.45, 2.75) is 24.2 Å². The van der Waals surface area contributed by atoms with Crippen LogP contribution in [0.1, 0.15) is 6.42 Å². The SMILES string of the molecule is O=C1C[C@]1(O)[C@H](O)[C@@H](O)CO. The van der Waals surface area contributed by atoms with E-state index in [1.54, 1.807) is 0 Å². The highest BCUT2D eigenvalue weighted by atomic mass is 16.4. The molecule has 0 bridgehead atoms. The van der Waals surface area contributed by atoms with Crippen LogP contribution in [0.4, 0.5) is 0 Å². The number of carbonyl (C=O) groups excluding carboxylic acids is 1. The maximum absolute atomic E-state index is 10.5. The van der Waals surface area contributed by atoms with Gasteiger partial charge in [-0.05, 0) is 0 Å². The molecule has 0 aromatic carbocycles. The van der Waals surface area contributed by atoms with Gasteiger partial charge in [0.05, 0.1) is 6.61 Å². The first-order valence-electron chi connectivity index (χ1n) is 3.25. The fourth-order valence-electron chi connectivity index (χ4n) is 0.888. The van der Waals surface area contributed by atoms with E-state index in [4.69, 9.17) is 20.4 Å². The zero-order valence-electron chi connectivity index (χ0n) is 5.77. The number of aliphatic hydroxyl groups is 4. The monoisotopic (exact) mass is 162 g/mol. The second-order valence-corrected chi connectivity index (χ2v) is 2.72. The van der Waals surface area contributed by atoms with Crippen LogP contribution in [0.2, 0.25) is 0 Å². The average Bonchev–Trinajstić information content (AvgIpc) is 2.58. The maximum Gasteiger partial charge on any atom is 0.171 e. The summed E-state index contributed by atoms with van der Waals surface area (Å²) in [5.41, 5.74) is -1.80. The fraction of sp³-hybridized carbons (Fsp3) is 0.833. The minimum absolute atomic E-state index is 0.148. The topological polar surface area (TPSA) is 98.0 Å². The number of aliphatic hydroxyl groups excluding tert-OH is 3. The van der Waals surface area contributed by atoms with Crippen LogP contribution >= 0.6 is 0 Å². The van der Waals surface area contributed by atoms with Crippen molar-refractivity contribution in [1.82, 2.24) is 0 Å². The zero-order chi connectivity index (χ0) is 8.65. The van der Waals surface area contributed by atoms with Crippen molar-refractivity contribution in [3.8, 4) is 0 Å². The molecule has 4 N–H and O–H groups in total. The summed E-state index contributed by atoms with van der Waals surface area (Å²) in [5.74, 6) is -0.502. The Hall–Kier alpha value is -0.490. The Labute approximate surface area is 62.9 Å². The van der Waals surface area contributed by atoms with Crippen molar-refractivity contribution in [2.75, 3.05) is 6.61 Å². The smallest absolute Gasteiger partial charge is 0.171 e. The van der Waals surface area contributed by atoms with E-state index in [2.05, 4.69) is 0 Å². The molecule has 0 aromatic rings. The minimum Gasteiger partial charge on any atom is -0.394 e. The predicted molar refractivity (Wildman–Crippen MR) is 33.7 cm³/mol. The largest absolute Gasteiger partial charge is 0.394 e. The molecule has 5 nitrogen and oxygen atoms in total. The number of hydrogen-bond donors (Lipinski definition) is 4. The summed E-state index contributed by atoms with van der Waals surface area (Å²) in [6.07, 6.45) is -3.17. The third-order valence-corrected chi connectivity index (χ3v) is 1.83. The molecular weight excluding hydrogens is 152 g/mol. The number of ketones is 1. The molecule has 64 valence electrons. The van der Waals surface area contributed by atoms with Gasteiger partial charge in [-0.25, -0.2) is 0 Å². The number of hydrogen-bond acceptors (Lipinski definition) is 5. The number of Topliss-reactive ketones (excluding diaryl/α,β-unsaturated/α-hetero) is 1. The second-order valence-electron chi connectivity index (χ2n) is 2.72. The molecule has 0 heterocycles. The van der Waals surface area contributed by atoms with Gasteiger partial charge in [-0.15, -0.1) is 0 Å². The lowest BCUT2D eigenvalue weighted by molar-refractivity contribution is -0.128. The Morgan fingerprint density at radius 3 is 2.27 bits per heavy atom. The third-order valence-electron chi connectivity index (χ3n) is 1.83. The first-order chi connectivity index (χ1) is 5.02. The summed E-state index contributed by atoms with van der Waals surface area (Å²) in [6.45, 7) is -0.670. The molecule has 0 radical (unpaired) electrons. The molecule has 5 heteroatoms. The lowest BCUT2D eigenvalue weighted by Crippen LogP contribution is -2.42. The van der Waals surface area contributed by atoms with Gasteiger partial charge in [0.15, 0.2) is 11.4 Å². The van der Waals surface area contributed by atoms with Crippen LogP contribution in [0.5, 0.6) is 0 Å². The molecule has 1 fully saturated rings.